The molecule has 0 spiro atoms. The molecule has 0 aliphatic rings. The average Bonchev–Trinajstić information content (AvgIpc) is 2.67. The van der Waals surface area contributed by atoms with Crippen molar-refractivity contribution in [1.29, 1.82) is 0 Å². The van der Waals surface area contributed by atoms with E-state index in [1.807, 2.05) is 36.4 Å². The van der Waals surface area contributed by atoms with Crippen LogP contribution in [0.25, 0.3) is 11.4 Å². The number of carbonyl (C=O) groups is 1. The number of nitrogens with one attached hydrogen (secondary N) is 1. The first-order valence-electron chi connectivity index (χ1n) is 8.68. The Morgan fingerprint density at radius 3 is 2.35 bits per heavy atom. The van der Waals surface area contributed by atoms with Crippen LogP contribution in [0.1, 0.15) is 35.3 Å². The second kappa shape index (κ2) is 7.48. The normalized spacial score (nSPS) is 11.2. The summed E-state index contributed by atoms with van der Waals surface area (Å²) in [4.78, 5) is 21.1. The molecule has 0 radical (unpaired) electrons. The van der Waals surface area contributed by atoms with E-state index >= 15 is 0 Å². The molecule has 3 aromatic rings. The summed E-state index contributed by atoms with van der Waals surface area (Å²) in [6, 6.07) is 18.1. The van der Waals surface area contributed by atoms with Crippen molar-refractivity contribution >= 4 is 5.91 Å². The molecule has 1 amide bonds. The van der Waals surface area contributed by atoms with Crippen LogP contribution in [-0.2, 0) is 5.41 Å². The predicted molar refractivity (Wildman–Crippen MR) is 104 cm³/mol. The van der Waals surface area contributed by atoms with E-state index in [0.29, 0.717) is 17.9 Å². The van der Waals surface area contributed by atoms with Crippen LogP contribution in [0.2, 0.25) is 0 Å². The largest absolute Gasteiger partial charge is 0.351 e. The molecule has 132 valence electrons. The number of amides is 1. The zero-order chi connectivity index (χ0) is 18.6. The van der Waals surface area contributed by atoms with Crippen molar-refractivity contribution < 1.29 is 4.79 Å². The van der Waals surface area contributed by atoms with E-state index in [0.717, 1.165) is 5.56 Å². The second-order valence-corrected chi connectivity index (χ2v) is 7.10. The maximum Gasteiger partial charge on any atom is 0.254 e. The van der Waals surface area contributed by atoms with Crippen LogP contribution in [0.3, 0.4) is 0 Å². The standard InChI is InChI=1S/C22H23N3O/c1-16-8-7-11-19(12-16)22(2,3)15-25-21(26)18-13-23-20(24-14-18)17-9-5-4-6-10-17/h4-14H,15H2,1-3H3,(H,25,26). The number of aryl methyl sites for hydroxylation is 1. The first-order chi connectivity index (χ1) is 12.5. The number of hydrogen-bond acceptors (Lipinski definition) is 3. The summed E-state index contributed by atoms with van der Waals surface area (Å²) in [6.45, 7) is 6.85. The van der Waals surface area contributed by atoms with E-state index < -0.39 is 0 Å². The van der Waals surface area contributed by atoms with Gasteiger partial charge in [0.05, 0.1) is 5.56 Å². The van der Waals surface area contributed by atoms with E-state index in [1.54, 1.807) is 12.4 Å². The predicted octanol–water partition coefficient (Wildman–Crippen LogP) is 4.16. The summed E-state index contributed by atoms with van der Waals surface area (Å²) >= 11 is 0. The molecule has 1 heterocycles. The van der Waals surface area contributed by atoms with Crippen molar-refractivity contribution in [1.82, 2.24) is 15.3 Å². The van der Waals surface area contributed by atoms with Gasteiger partial charge in [0, 0.05) is 29.9 Å². The van der Waals surface area contributed by atoms with E-state index in [1.165, 1.54) is 11.1 Å². The topological polar surface area (TPSA) is 54.9 Å². The van der Waals surface area contributed by atoms with E-state index in [9.17, 15) is 4.79 Å². The van der Waals surface area contributed by atoms with Crippen LogP contribution < -0.4 is 5.32 Å². The molecule has 2 aromatic carbocycles. The minimum Gasteiger partial charge on any atom is -0.351 e. The van der Waals surface area contributed by atoms with Crippen molar-refractivity contribution in [3.63, 3.8) is 0 Å². The van der Waals surface area contributed by atoms with Gasteiger partial charge in [0.1, 0.15) is 0 Å². The Labute approximate surface area is 154 Å². The Balaban J connectivity index is 1.66. The monoisotopic (exact) mass is 345 g/mol. The Morgan fingerprint density at radius 1 is 1.00 bits per heavy atom. The Kier molecular flexibility index (Phi) is 5.12. The first-order valence-corrected chi connectivity index (χ1v) is 8.68. The van der Waals surface area contributed by atoms with Gasteiger partial charge >= 0.3 is 0 Å². The zero-order valence-electron chi connectivity index (χ0n) is 15.4. The molecule has 1 N–H and O–H groups in total. The van der Waals surface area contributed by atoms with Crippen LogP contribution >= 0.6 is 0 Å². The van der Waals surface area contributed by atoms with Gasteiger partial charge in [-0.3, -0.25) is 4.79 Å². The molecule has 0 aliphatic heterocycles. The van der Waals surface area contributed by atoms with Crippen LogP contribution in [0.15, 0.2) is 67.0 Å². The fourth-order valence-corrected chi connectivity index (χ4v) is 2.75. The lowest BCUT2D eigenvalue weighted by Crippen LogP contribution is -2.36. The molecule has 0 atom stereocenters. The van der Waals surface area contributed by atoms with Crippen molar-refractivity contribution in [3.8, 4) is 11.4 Å². The lowest BCUT2D eigenvalue weighted by Gasteiger charge is -2.26. The molecule has 0 saturated carbocycles. The molecular formula is C22H23N3O. The SMILES string of the molecule is Cc1cccc(C(C)(C)CNC(=O)c2cnc(-c3ccccc3)nc2)c1. The second-order valence-electron chi connectivity index (χ2n) is 7.10. The number of rotatable bonds is 5. The summed E-state index contributed by atoms with van der Waals surface area (Å²) in [5.74, 6) is 0.451. The molecular weight excluding hydrogens is 322 g/mol. The molecule has 4 nitrogen and oxygen atoms in total. The summed E-state index contributed by atoms with van der Waals surface area (Å²) in [5, 5.41) is 3.00. The van der Waals surface area contributed by atoms with E-state index in [4.69, 9.17) is 0 Å². The van der Waals surface area contributed by atoms with Crippen molar-refractivity contribution in [3.05, 3.63) is 83.7 Å². The summed E-state index contributed by atoms with van der Waals surface area (Å²) in [6.07, 6.45) is 3.15. The highest BCUT2D eigenvalue weighted by Gasteiger charge is 2.22. The van der Waals surface area contributed by atoms with Gasteiger partial charge in [0.25, 0.3) is 5.91 Å². The van der Waals surface area contributed by atoms with Crippen LogP contribution in [0.4, 0.5) is 0 Å². The number of aromatic nitrogens is 2. The third kappa shape index (κ3) is 4.14. The lowest BCUT2D eigenvalue weighted by molar-refractivity contribution is 0.0945. The molecule has 26 heavy (non-hydrogen) atoms. The molecule has 0 bridgehead atoms. The zero-order valence-corrected chi connectivity index (χ0v) is 15.4. The van der Waals surface area contributed by atoms with Gasteiger partial charge in [-0.15, -0.1) is 0 Å². The highest BCUT2D eigenvalue weighted by atomic mass is 16.1. The molecule has 0 aliphatic carbocycles. The molecule has 1 aromatic heterocycles. The average molecular weight is 345 g/mol. The number of nitrogens with zero attached hydrogens (tertiary/aromatic N) is 2. The fraction of sp³-hybridized carbons (Fsp3) is 0.227. The maximum absolute atomic E-state index is 12.4. The Hall–Kier alpha value is -3.01. The van der Waals surface area contributed by atoms with Gasteiger partial charge in [-0.25, -0.2) is 9.97 Å². The van der Waals surface area contributed by atoms with E-state index in [2.05, 4.69) is 54.3 Å². The van der Waals surface area contributed by atoms with Crippen LogP contribution in [0, 0.1) is 6.92 Å². The fourth-order valence-electron chi connectivity index (χ4n) is 2.75. The van der Waals surface area contributed by atoms with Crippen molar-refractivity contribution in [2.75, 3.05) is 6.54 Å². The van der Waals surface area contributed by atoms with Crippen LogP contribution in [0.5, 0.6) is 0 Å². The smallest absolute Gasteiger partial charge is 0.254 e. The first kappa shape index (κ1) is 17.8. The van der Waals surface area contributed by atoms with Crippen molar-refractivity contribution in [2.24, 2.45) is 0 Å². The van der Waals surface area contributed by atoms with Gasteiger partial charge < -0.3 is 5.32 Å². The van der Waals surface area contributed by atoms with Crippen molar-refractivity contribution in [2.45, 2.75) is 26.2 Å². The third-order valence-corrected chi connectivity index (χ3v) is 4.44. The molecule has 0 saturated heterocycles. The van der Waals surface area contributed by atoms with Gasteiger partial charge in [-0.2, -0.15) is 0 Å². The molecule has 3 rings (SSSR count). The summed E-state index contributed by atoms with van der Waals surface area (Å²) in [7, 11) is 0. The summed E-state index contributed by atoms with van der Waals surface area (Å²) in [5.41, 5.74) is 3.65. The Bertz CT molecular complexity index is 887. The van der Waals surface area contributed by atoms with Gasteiger partial charge in [-0.05, 0) is 12.5 Å². The van der Waals surface area contributed by atoms with E-state index in [-0.39, 0.29) is 11.3 Å². The number of benzene rings is 2. The maximum atomic E-state index is 12.4. The quantitative estimate of drug-likeness (QED) is 0.755. The highest BCUT2D eigenvalue weighted by molar-refractivity contribution is 5.93. The number of hydrogen-bond donors (Lipinski definition) is 1. The van der Waals surface area contributed by atoms with Gasteiger partial charge in [0.2, 0.25) is 0 Å². The highest BCUT2D eigenvalue weighted by Crippen LogP contribution is 2.23. The lowest BCUT2D eigenvalue weighted by atomic mass is 9.84. The van der Waals surface area contributed by atoms with Gasteiger partial charge in [-0.1, -0.05) is 74.0 Å². The minimum absolute atomic E-state index is 0.160. The molecule has 0 unspecified atom stereocenters. The minimum atomic E-state index is -0.162. The third-order valence-electron chi connectivity index (χ3n) is 4.44. The number of carbonyl (C=O) groups excluding carboxylic acids is 1. The summed E-state index contributed by atoms with van der Waals surface area (Å²) < 4.78 is 0. The van der Waals surface area contributed by atoms with Crippen LogP contribution in [-0.4, -0.2) is 22.4 Å². The molecule has 4 heteroatoms. The Morgan fingerprint density at radius 2 is 1.69 bits per heavy atom. The van der Waals surface area contributed by atoms with Gasteiger partial charge in [0.15, 0.2) is 5.82 Å². The molecule has 0 fully saturated rings.